The Kier molecular flexibility index (Phi) is 4.43. The van der Waals surface area contributed by atoms with Gasteiger partial charge in [-0.1, -0.05) is 48.5 Å². The van der Waals surface area contributed by atoms with E-state index in [0.29, 0.717) is 5.69 Å². The predicted molar refractivity (Wildman–Crippen MR) is 95.9 cm³/mol. The summed E-state index contributed by atoms with van der Waals surface area (Å²) in [6, 6.07) is 19.1. The summed E-state index contributed by atoms with van der Waals surface area (Å²) in [5.41, 5.74) is 6.53. The summed E-state index contributed by atoms with van der Waals surface area (Å²) < 4.78 is 0. The molecule has 0 aliphatic rings. The van der Waals surface area contributed by atoms with Gasteiger partial charge in [0, 0.05) is 16.8 Å². The molecule has 0 heterocycles. The third-order valence-corrected chi connectivity index (χ3v) is 3.68. The van der Waals surface area contributed by atoms with Crippen LogP contribution in [0.4, 0.5) is 11.4 Å². The lowest BCUT2D eigenvalue weighted by molar-refractivity contribution is -0.135. The Morgan fingerprint density at radius 3 is 2.24 bits per heavy atom. The molecule has 3 aromatic carbocycles. The van der Waals surface area contributed by atoms with E-state index in [9.17, 15) is 14.4 Å². The van der Waals surface area contributed by atoms with Crippen LogP contribution in [0.5, 0.6) is 0 Å². The first-order chi connectivity index (χ1) is 12.1. The van der Waals surface area contributed by atoms with E-state index in [1.807, 2.05) is 35.6 Å². The van der Waals surface area contributed by atoms with Gasteiger partial charge in [0.15, 0.2) is 0 Å². The number of para-hydroxylation sites is 1. The average Bonchev–Trinajstić information content (AvgIpc) is 2.62. The number of benzene rings is 3. The molecule has 0 unspecified atom stereocenters. The van der Waals surface area contributed by atoms with Crippen molar-refractivity contribution in [2.75, 3.05) is 11.1 Å². The van der Waals surface area contributed by atoms with Crippen molar-refractivity contribution in [1.29, 1.82) is 0 Å². The summed E-state index contributed by atoms with van der Waals surface area (Å²) in [6.45, 7) is 0. The highest BCUT2D eigenvalue weighted by Gasteiger charge is 2.19. The molecule has 0 saturated carbocycles. The molecule has 3 aromatic rings. The van der Waals surface area contributed by atoms with Gasteiger partial charge in [0.2, 0.25) is 0 Å². The molecule has 4 N–H and O–H groups in total. The van der Waals surface area contributed by atoms with E-state index in [0.717, 1.165) is 10.8 Å². The molecule has 3 rings (SSSR count). The maximum Gasteiger partial charge on any atom is 0.316 e. The first-order valence-electron chi connectivity index (χ1n) is 7.55. The molecular weight excluding hydrogens is 318 g/mol. The lowest BCUT2D eigenvalue weighted by Gasteiger charge is -2.09. The van der Waals surface area contributed by atoms with Gasteiger partial charge in [-0.2, -0.15) is 0 Å². The maximum absolute atomic E-state index is 12.1. The van der Waals surface area contributed by atoms with Crippen molar-refractivity contribution < 1.29 is 14.4 Å². The van der Waals surface area contributed by atoms with Gasteiger partial charge < -0.3 is 11.1 Å². The van der Waals surface area contributed by atoms with Crippen molar-refractivity contribution in [1.82, 2.24) is 5.32 Å². The molecule has 124 valence electrons. The molecule has 0 atom stereocenters. The van der Waals surface area contributed by atoms with Crippen LogP contribution in [0.15, 0.2) is 66.7 Å². The topological polar surface area (TPSA) is 101 Å². The summed E-state index contributed by atoms with van der Waals surface area (Å²) in [4.78, 5) is 36.1. The normalized spacial score (nSPS) is 10.2. The van der Waals surface area contributed by atoms with Crippen LogP contribution in [0, 0.1) is 0 Å². The van der Waals surface area contributed by atoms with Crippen LogP contribution in [0.1, 0.15) is 10.4 Å². The van der Waals surface area contributed by atoms with Gasteiger partial charge in [-0.15, -0.1) is 0 Å². The lowest BCUT2D eigenvalue weighted by Crippen LogP contribution is -2.39. The van der Waals surface area contributed by atoms with E-state index < -0.39 is 17.7 Å². The second kappa shape index (κ2) is 6.84. The maximum atomic E-state index is 12.1. The number of nitrogens with one attached hydrogen (secondary N) is 2. The predicted octanol–water partition coefficient (Wildman–Crippen LogP) is 2.32. The van der Waals surface area contributed by atoms with Gasteiger partial charge in [0.1, 0.15) is 0 Å². The van der Waals surface area contributed by atoms with E-state index in [1.54, 1.807) is 24.3 Å². The molecule has 3 amide bonds. The van der Waals surface area contributed by atoms with Crippen molar-refractivity contribution in [3.05, 3.63) is 72.3 Å². The number of anilines is 2. The quantitative estimate of drug-likeness (QED) is 0.495. The SMILES string of the molecule is Nc1ccccc1C(=O)NC(=O)C(=O)Nc1cccc2ccccc12. The van der Waals surface area contributed by atoms with Crippen molar-refractivity contribution in [2.45, 2.75) is 0 Å². The Balaban J connectivity index is 1.74. The molecule has 0 fully saturated rings. The van der Waals surface area contributed by atoms with Gasteiger partial charge in [0.05, 0.1) is 5.56 Å². The highest BCUT2D eigenvalue weighted by atomic mass is 16.2. The zero-order chi connectivity index (χ0) is 17.8. The Morgan fingerprint density at radius 2 is 1.44 bits per heavy atom. The first-order valence-corrected chi connectivity index (χ1v) is 7.55. The fourth-order valence-electron chi connectivity index (χ4n) is 2.44. The minimum absolute atomic E-state index is 0.133. The first kappa shape index (κ1) is 16.2. The van der Waals surface area contributed by atoms with E-state index >= 15 is 0 Å². The van der Waals surface area contributed by atoms with Crippen LogP contribution in [-0.2, 0) is 9.59 Å². The van der Waals surface area contributed by atoms with Crippen molar-refractivity contribution in [2.24, 2.45) is 0 Å². The number of fused-ring (bicyclic) bond motifs is 1. The zero-order valence-electron chi connectivity index (χ0n) is 13.2. The molecular formula is C19H15N3O3. The van der Waals surface area contributed by atoms with E-state index in [4.69, 9.17) is 5.73 Å². The van der Waals surface area contributed by atoms with Crippen molar-refractivity contribution >= 4 is 39.9 Å². The summed E-state index contributed by atoms with van der Waals surface area (Å²) in [5.74, 6) is -2.71. The van der Waals surface area contributed by atoms with E-state index in [-0.39, 0.29) is 11.3 Å². The second-order valence-corrected chi connectivity index (χ2v) is 5.35. The van der Waals surface area contributed by atoms with Gasteiger partial charge >= 0.3 is 11.8 Å². The number of imide groups is 1. The molecule has 0 aliphatic heterocycles. The number of rotatable bonds is 2. The third-order valence-electron chi connectivity index (χ3n) is 3.68. The standard InChI is InChI=1S/C19H15N3O3/c20-15-10-4-3-9-14(15)17(23)22-19(25)18(24)21-16-11-5-7-12-6-1-2-8-13(12)16/h1-11H,20H2,(H,21,24)(H,22,23,25). The molecule has 0 spiro atoms. The molecule has 0 saturated heterocycles. The fraction of sp³-hybridized carbons (Fsp3) is 0. The lowest BCUT2D eigenvalue weighted by atomic mass is 10.1. The Labute approximate surface area is 143 Å². The van der Waals surface area contributed by atoms with E-state index in [2.05, 4.69) is 5.32 Å². The Morgan fingerprint density at radius 1 is 0.760 bits per heavy atom. The van der Waals surface area contributed by atoms with Crippen molar-refractivity contribution in [3.8, 4) is 0 Å². The third kappa shape index (κ3) is 3.48. The van der Waals surface area contributed by atoms with Crippen LogP contribution >= 0.6 is 0 Å². The molecule has 0 aromatic heterocycles. The highest BCUT2D eigenvalue weighted by molar-refractivity contribution is 6.43. The van der Waals surface area contributed by atoms with Crippen LogP contribution in [0.2, 0.25) is 0 Å². The monoisotopic (exact) mass is 333 g/mol. The largest absolute Gasteiger partial charge is 0.398 e. The number of nitrogen functional groups attached to an aromatic ring is 1. The van der Waals surface area contributed by atoms with Crippen LogP contribution in [-0.4, -0.2) is 17.7 Å². The minimum Gasteiger partial charge on any atom is -0.398 e. The molecule has 6 nitrogen and oxygen atoms in total. The summed E-state index contributed by atoms with van der Waals surface area (Å²) in [6.07, 6.45) is 0. The number of hydrogen-bond acceptors (Lipinski definition) is 4. The molecule has 0 radical (unpaired) electrons. The summed E-state index contributed by atoms with van der Waals surface area (Å²) >= 11 is 0. The summed E-state index contributed by atoms with van der Waals surface area (Å²) in [7, 11) is 0. The Hall–Kier alpha value is -3.67. The highest BCUT2D eigenvalue weighted by Crippen LogP contribution is 2.22. The van der Waals surface area contributed by atoms with Crippen LogP contribution in [0.3, 0.4) is 0 Å². The van der Waals surface area contributed by atoms with Crippen LogP contribution < -0.4 is 16.4 Å². The zero-order valence-corrected chi connectivity index (χ0v) is 13.2. The minimum atomic E-state index is -1.05. The van der Waals surface area contributed by atoms with Crippen LogP contribution in [0.25, 0.3) is 10.8 Å². The number of carbonyl (C=O) groups excluding carboxylic acids is 3. The number of nitrogens with two attached hydrogens (primary N) is 1. The van der Waals surface area contributed by atoms with Crippen molar-refractivity contribution in [3.63, 3.8) is 0 Å². The van der Waals surface area contributed by atoms with E-state index in [1.165, 1.54) is 12.1 Å². The van der Waals surface area contributed by atoms with Gasteiger partial charge in [0.25, 0.3) is 5.91 Å². The Bertz CT molecular complexity index is 977. The number of hydrogen-bond donors (Lipinski definition) is 3. The average molecular weight is 333 g/mol. The van der Waals surface area contributed by atoms with Gasteiger partial charge in [-0.3, -0.25) is 19.7 Å². The fourth-order valence-corrected chi connectivity index (χ4v) is 2.44. The van der Waals surface area contributed by atoms with Gasteiger partial charge in [-0.25, -0.2) is 0 Å². The summed E-state index contributed by atoms with van der Waals surface area (Å²) in [5, 5.41) is 6.28. The molecule has 0 bridgehead atoms. The smallest absolute Gasteiger partial charge is 0.316 e. The molecule has 0 aliphatic carbocycles. The van der Waals surface area contributed by atoms with Gasteiger partial charge in [-0.05, 0) is 23.6 Å². The number of carbonyl (C=O) groups is 3. The second-order valence-electron chi connectivity index (χ2n) is 5.35. The number of amides is 3. The molecule has 6 heteroatoms. The molecule has 25 heavy (non-hydrogen) atoms.